The van der Waals surface area contributed by atoms with Crippen molar-refractivity contribution >= 4 is 0 Å². The molecule has 1 atom stereocenters. The minimum atomic E-state index is -0.555. The standard InChI is InChI=1S/C11H22N2O/c1-2-13-8-4-5-10(12,9-13)11(14)6-3-7-11/h14H,2-9,12H2,1H3. The molecule has 1 unspecified atom stereocenters. The predicted octanol–water partition coefficient (Wildman–Crippen LogP) is 0.715. The molecule has 1 saturated carbocycles. The third-order valence-electron chi connectivity index (χ3n) is 4.16. The molecule has 82 valence electrons. The van der Waals surface area contributed by atoms with E-state index in [1.165, 1.54) is 0 Å². The lowest BCUT2D eigenvalue weighted by atomic mass is 9.64. The fourth-order valence-electron chi connectivity index (χ4n) is 2.83. The third-order valence-corrected chi connectivity index (χ3v) is 4.16. The SMILES string of the molecule is CCN1CCCC(N)(C2(O)CCC2)C1. The van der Waals surface area contributed by atoms with Gasteiger partial charge in [-0.1, -0.05) is 6.92 Å². The highest BCUT2D eigenvalue weighted by Gasteiger charge is 2.52. The molecular formula is C11H22N2O. The van der Waals surface area contributed by atoms with Gasteiger partial charge in [0, 0.05) is 6.54 Å². The first-order valence-electron chi connectivity index (χ1n) is 5.83. The average molecular weight is 198 g/mol. The second-order valence-corrected chi connectivity index (χ2v) is 5.01. The van der Waals surface area contributed by atoms with E-state index in [1.54, 1.807) is 0 Å². The van der Waals surface area contributed by atoms with Gasteiger partial charge in [0.2, 0.25) is 0 Å². The van der Waals surface area contributed by atoms with Crippen LogP contribution in [0.3, 0.4) is 0 Å². The number of piperidine rings is 1. The summed E-state index contributed by atoms with van der Waals surface area (Å²) in [5.74, 6) is 0. The number of rotatable bonds is 2. The Kier molecular flexibility index (Phi) is 2.58. The molecule has 0 aromatic heterocycles. The molecule has 1 aliphatic heterocycles. The minimum Gasteiger partial charge on any atom is -0.388 e. The number of likely N-dealkylation sites (N-methyl/N-ethyl adjacent to an activating group) is 1. The van der Waals surface area contributed by atoms with Gasteiger partial charge in [0.1, 0.15) is 0 Å². The molecule has 0 bridgehead atoms. The maximum atomic E-state index is 10.4. The van der Waals surface area contributed by atoms with Crippen molar-refractivity contribution in [2.45, 2.75) is 50.2 Å². The summed E-state index contributed by atoms with van der Waals surface area (Å²) in [6.07, 6.45) is 5.07. The minimum absolute atomic E-state index is 0.334. The summed E-state index contributed by atoms with van der Waals surface area (Å²) in [7, 11) is 0. The first-order valence-corrected chi connectivity index (χ1v) is 5.83. The lowest BCUT2D eigenvalue weighted by Gasteiger charge is -2.54. The third kappa shape index (κ3) is 1.47. The van der Waals surface area contributed by atoms with Crippen LogP contribution >= 0.6 is 0 Å². The Hall–Kier alpha value is -0.120. The Morgan fingerprint density at radius 1 is 1.29 bits per heavy atom. The van der Waals surface area contributed by atoms with E-state index in [-0.39, 0.29) is 5.54 Å². The molecule has 0 amide bonds. The summed E-state index contributed by atoms with van der Waals surface area (Å²) in [4.78, 5) is 2.36. The van der Waals surface area contributed by atoms with Gasteiger partial charge >= 0.3 is 0 Å². The van der Waals surface area contributed by atoms with Crippen LogP contribution in [-0.4, -0.2) is 40.8 Å². The highest BCUT2D eigenvalue weighted by atomic mass is 16.3. The summed E-state index contributed by atoms with van der Waals surface area (Å²) < 4.78 is 0. The van der Waals surface area contributed by atoms with E-state index < -0.39 is 5.60 Å². The molecule has 2 rings (SSSR count). The Morgan fingerprint density at radius 2 is 2.00 bits per heavy atom. The van der Waals surface area contributed by atoms with E-state index >= 15 is 0 Å². The van der Waals surface area contributed by atoms with Crippen molar-refractivity contribution < 1.29 is 5.11 Å². The van der Waals surface area contributed by atoms with Gasteiger partial charge in [-0.15, -0.1) is 0 Å². The largest absolute Gasteiger partial charge is 0.388 e. The van der Waals surface area contributed by atoms with Gasteiger partial charge in [0.05, 0.1) is 11.1 Å². The van der Waals surface area contributed by atoms with Crippen LogP contribution < -0.4 is 5.73 Å². The molecule has 1 aliphatic carbocycles. The number of hydrogen-bond donors (Lipinski definition) is 2. The average Bonchev–Trinajstić information content (AvgIpc) is 2.14. The summed E-state index contributed by atoms with van der Waals surface area (Å²) in [5, 5.41) is 10.4. The summed E-state index contributed by atoms with van der Waals surface area (Å²) in [6.45, 7) is 5.23. The maximum absolute atomic E-state index is 10.4. The van der Waals surface area contributed by atoms with Crippen LogP contribution in [0.5, 0.6) is 0 Å². The summed E-state index contributed by atoms with van der Waals surface area (Å²) in [6, 6.07) is 0. The first kappa shape index (κ1) is 10.4. The van der Waals surface area contributed by atoms with Crippen LogP contribution in [-0.2, 0) is 0 Å². The van der Waals surface area contributed by atoms with Crippen LogP contribution in [0.1, 0.15) is 39.0 Å². The number of hydrogen-bond acceptors (Lipinski definition) is 3. The molecule has 0 aromatic rings. The zero-order chi connectivity index (χ0) is 10.2. The van der Waals surface area contributed by atoms with Crippen LogP contribution in [0.4, 0.5) is 0 Å². The van der Waals surface area contributed by atoms with E-state index in [4.69, 9.17) is 5.73 Å². The van der Waals surface area contributed by atoms with Crippen molar-refractivity contribution in [2.24, 2.45) is 5.73 Å². The molecule has 0 aromatic carbocycles. The Labute approximate surface area is 86.3 Å². The van der Waals surface area contributed by atoms with Crippen LogP contribution in [0.25, 0.3) is 0 Å². The van der Waals surface area contributed by atoms with Crippen molar-refractivity contribution in [3.8, 4) is 0 Å². The second-order valence-electron chi connectivity index (χ2n) is 5.01. The van der Waals surface area contributed by atoms with Gasteiger partial charge in [-0.05, 0) is 45.2 Å². The zero-order valence-electron chi connectivity index (χ0n) is 9.13. The lowest BCUT2D eigenvalue weighted by molar-refractivity contribution is -0.117. The second kappa shape index (κ2) is 3.47. The lowest BCUT2D eigenvalue weighted by Crippen LogP contribution is -2.70. The van der Waals surface area contributed by atoms with Crippen LogP contribution in [0.15, 0.2) is 0 Å². The topological polar surface area (TPSA) is 49.5 Å². The number of nitrogens with zero attached hydrogens (tertiary/aromatic N) is 1. The van der Waals surface area contributed by atoms with Gasteiger partial charge < -0.3 is 15.7 Å². The summed E-state index contributed by atoms with van der Waals surface area (Å²) >= 11 is 0. The fourth-order valence-corrected chi connectivity index (χ4v) is 2.83. The number of likely N-dealkylation sites (tertiary alicyclic amines) is 1. The molecule has 3 nitrogen and oxygen atoms in total. The Balaban J connectivity index is 2.06. The molecule has 3 N–H and O–H groups in total. The quantitative estimate of drug-likeness (QED) is 0.687. The summed E-state index contributed by atoms with van der Waals surface area (Å²) in [5.41, 5.74) is 5.48. The van der Waals surface area contributed by atoms with Gasteiger partial charge in [0.25, 0.3) is 0 Å². The van der Waals surface area contributed by atoms with E-state index in [0.29, 0.717) is 0 Å². The molecule has 2 aliphatic rings. The van der Waals surface area contributed by atoms with Crippen molar-refractivity contribution in [3.63, 3.8) is 0 Å². The highest BCUT2D eigenvalue weighted by Crippen LogP contribution is 2.43. The Bertz CT molecular complexity index is 215. The van der Waals surface area contributed by atoms with Gasteiger partial charge in [-0.3, -0.25) is 0 Å². The normalized spacial score (nSPS) is 37.9. The van der Waals surface area contributed by atoms with E-state index in [2.05, 4.69) is 11.8 Å². The Morgan fingerprint density at radius 3 is 2.50 bits per heavy atom. The predicted molar refractivity (Wildman–Crippen MR) is 57.1 cm³/mol. The molecular weight excluding hydrogens is 176 g/mol. The van der Waals surface area contributed by atoms with E-state index in [1.807, 2.05) is 0 Å². The van der Waals surface area contributed by atoms with Crippen molar-refractivity contribution in [3.05, 3.63) is 0 Å². The van der Waals surface area contributed by atoms with E-state index in [9.17, 15) is 5.11 Å². The van der Waals surface area contributed by atoms with Gasteiger partial charge in [0.15, 0.2) is 0 Å². The smallest absolute Gasteiger partial charge is 0.0838 e. The number of aliphatic hydroxyl groups is 1. The molecule has 0 radical (unpaired) electrons. The monoisotopic (exact) mass is 198 g/mol. The molecule has 14 heavy (non-hydrogen) atoms. The molecule has 1 saturated heterocycles. The van der Waals surface area contributed by atoms with Crippen LogP contribution in [0, 0.1) is 0 Å². The van der Waals surface area contributed by atoms with Crippen molar-refractivity contribution in [1.82, 2.24) is 4.90 Å². The van der Waals surface area contributed by atoms with Gasteiger partial charge in [-0.25, -0.2) is 0 Å². The van der Waals surface area contributed by atoms with Crippen molar-refractivity contribution in [2.75, 3.05) is 19.6 Å². The van der Waals surface area contributed by atoms with Crippen LogP contribution in [0.2, 0.25) is 0 Å². The van der Waals surface area contributed by atoms with Gasteiger partial charge in [-0.2, -0.15) is 0 Å². The zero-order valence-corrected chi connectivity index (χ0v) is 9.13. The molecule has 3 heteroatoms. The van der Waals surface area contributed by atoms with Crippen molar-refractivity contribution in [1.29, 1.82) is 0 Å². The first-order chi connectivity index (χ1) is 6.60. The number of nitrogens with two attached hydrogens (primary N) is 1. The molecule has 1 heterocycles. The van der Waals surface area contributed by atoms with E-state index in [0.717, 1.165) is 51.7 Å². The highest BCUT2D eigenvalue weighted by molar-refractivity contribution is 5.10. The molecule has 0 spiro atoms. The maximum Gasteiger partial charge on any atom is 0.0838 e. The fraction of sp³-hybridized carbons (Fsp3) is 1.00. The molecule has 2 fully saturated rings.